The quantitative estimate of drug-likeness (QED) is 0.775. The van der Waals surface area contributed by atoms with Gasteiger partial charge in [0.15, 0.2) is 0 Å². The zero-order valence-corrected chi connectivity index (χ0v) is 15.8. The van der Waals surface area contributed by atoms with Crippen molar-refractivity contribution in [2.75, 3.05) is 53.0 Å². The highest BCUT2D eigenvalue weighted by atomic mass is 16.5. The topological polar surface area (TPSA) is 62.2 Å². The van der Waals surface area contributed by atoms with Crippen LogP contribution < -0.4 is 0 Å². The van der Waals surface area contributed by atoms with Gasteiger partial charge in [-0.3, -0.25) is 9.69 Å². The van der Waals surface area contributed by atoms with E-state index < -0.39 is 5.41 Å². The Morgan fingerprint density at radius 1 is 1.17 bits per heavy atom. The van der Waals surface area contributed by atoms with Crippen LogP contribution in [0.3, 0.4) is 0 Å². The molecule has 1 N–H and O–H groups in total. The number of amides is 1. The van der Waals surface area contributed by atoms with Gasteiger partial charge in [-0.25, -0.2) is 0 Å². The molecule has 1 amide bonds. The summed E-state index contributed by atoms with van der Waals surface area (Å²) in [6.07, 6.45) is 0.474. The second-order valence-corrected chi connectivity index (χ2v) is 8.21. The fourth-order valence-corrected chi connectivity index (χ4v) is 4.13. The Bertz CT molecular complexity index is 419. The predicted molar refractivity (Wildman–Crippen MR) is 92.8 cm³/mol. The van der Waals surface area contributed by atoms with Crippen molar-refractivity contribution in [1.29, 1.82) is 0 Å². The van der Waals surface area contributed by atoms with E-state index in [9.17, 15) is 9.90 Å². The van der Waals surface area contributed by atoms with Crippen LogP contribution in [-0.2, 0) is 14.3 Å². The second kappa shape index (κ2) is 8.13. The van der Waals surface area contributed by atoms with Crippen LogP contribution in [0, 0.1) is 17.3 Å². The molecule has 0 saturated carbocycles. The molecule has 2 aliphatic rings. The standard InChI is InChI=1S/C18H34N2O4/c1-13-6-19(7-14(2)24-13)8-15-9-20(10-16(15)11-21)17(22)18(3,4)12-23-5/h13-16,21H,6-12H2,1-5H3. The van der Waals surface area contributed by atoms with Gasteiger partial charge >= 0.3 is 0 Å². The molecule has 2 rings (SSSR count). The van der Waals surface area contributed by atoms with Crippen molar-refractivity contribution in [2.45, 2.75) is 39.9 Å². The van der Waals surface area contributed by atoms with Crippen LogP contribution >= 0.6 is 0 Å². The molecule has 0 aromatic heterocycles. The molecule has 140 valence electrons. The lowest BCUT2D eigenvalue weighted by Crippen LogP contribution is -2.48. The van der Waals surface area contributed by atoms with E-state index in [0.717, 1.165) is 26.2 Å². The highest BCUT2D eigenvalue weighted by Gasteiger charge is 2.41. The third kappa shape index (κ3) is 4.69. The Hall–Kier alpha value is -0.690. The molecule has 4 unspecified atom stereocenters. The van der Waals surface area contributed by atoms with E-state index in [1.54, 1.807) is 7.11 Å². The van der Waals surface area contributed by atoms with Crippen molar-refractivity contribution in [2.24, 2.45) is 17.3 Å². The number of carbonyl (C=O) groups excluding carboxylic acids is 1. The van der Waals surface area contributed by atoms with E-state index in [2.05, 4.69) is 18.7 Å². The summed E-state index contributed by atoms with van der Waals surface area (Å²) in [6.45, 7) is 12.7. The van der Waals surface area contributed by atoms with Crippen LogP contribution in [0.4, 0.5) is 0 Å². The highest BCUT2D eigenvalue weighted by molar-refractivity contribution is 5.82. The summed E-state index contributed by atoms with van der Waals surface area (Å²) >= 11 is 0. The first-order valence-corrected chi connectivity index (χ1v) is 9.03. The van der Waals surface area contributed by atoms with Crippen LogP contribution in [-0.4, -0.2) is 86.1 Å². The van der Waals surface area contributed by atoms with Crippen LogP contribution in [0.5, 0.6) is 0 Å². The fourth-order valence-electron chi connectivity index (χ4n) is 4.13. The predicted octanol–water partition coefficient (Wildman–Crippen LogP) is 0.835. The number of hydrogen-bond donors (Lipinski definition) is 1. The molecule has 2 aliphatic heterocycles. The molecule has 0 spiro atoms. The van der Waals surface area contributed by atoms with E-state index in [1.807, 2.05) is 18.7 Å². The molecule has 6 heteroatoms. The van der Waals surface area contributed by atoms with Gasteiger partial charge in [-0.1, -0.05) is 0 Å². The number of aliphatic hydroxyl groups is 1. The normalized spacial score (nSPS) is 32.3. The fraction of sp³-hybridized carbons (Fsp3) is 0.944. The summed E-state index contributed by atoms with van der Waals surface area (Å²) in [5, 5.41) is 9.77. The summed E-state index contributed by atoms with van der Waals surface area (Å²) in [6, 6.07) is 0. The van der Waals surface area contributed by atoms with E-state index in [0.29, 0.717) is 19.1 Å². The zero-order chi connectivity index (χ0) is 17.9. The van der Waals surface area contributed by atoms with Gasteiger partial charge in [-0.2, -0.15) is 0 Å². The molecular formula is C18H34N2O4. The Morgan fingerprint density at radius 3 is 2.29 bits per heavy atom. The number of likely N-dealkylation sites (tertiary alicyclic amines) is 1. The number of morpholine rings is 1. The summed E-state index contributed by atoms with van der Waals surface area (Å²) < 4.78 is 11.0. The van der Waals surface area contributed by atoms with Crippen molar-refractivity contribution >= 4 is 5.91 Å². The largest absolute Gasteiger partial charge is 0.396 e. The van der Waals surface area contributed by atoms with Gasteiger partial charge in [-0.15, -0.1) is 0 Å². The van der Waals surface area contributed by atoms with Crippen molar-refractivity contribution < 1.29 is 19.4 Å². The Morgan fingerprint density at radius 2 is 1.75 bits per heavy atom. The van der Waals surface area contributed by atoms with E-state index in [-0.39, 0.29) is 30.6 Å². The van der Waals surface area contributed by atoms with Gasteiger partial charge in [-0.05, 0) is 33.6 Å². The number of ether oxygens (including phenoxy) is 2. The molecule has 6 nitrogen and oxygen atoms in total. The van der Waals surface area contributed by atoms with E-state index >= 15 is 0 Å². The van der Waals surface area contributed by atoms with Crippen LogP contribution in [0.15, 0.2) is 0 Å². The molecule has 0 aliphatic carbocycles. The molecule has 2 saturated heterocycles. The van der Waals surface area contributed by atoms with Gasteiger partial charge in [0.05, 0.1) is 24.2 Å². The molecule has 0 radical (unpaired) electrons. The first kappa shape index (κ1) is 19.6. The van der Waals surface area contributed by atoms with Gasteiger partial charge in [0.2, 0.25) is 5.91 Å². The van der Waals surface area contributed by atoms with Gasteiger partial charge in [0, 0.05) is 52.4 Å². The number of carbonyl (C=O) groups is 1. The van der Waals surface area contributed by atoms with Crippen LogP contribution in [0.2, 0.25) is 0 Å². The number of aliphatic hydroxyl groups excluding tert-OH is 1. The molecule has 24 heavy (non-hydrogen) atoms. The molecule has 0 aromatic carbocycles. The summed E-state index contributed by atoms with van der Waals surface area (Å²) in [4.78, 5) is 17.1. The molecule has 4 atom stereocenters. The second-order valence-electron chi connectivity index (χ2n) is 8.21. The zero-order valence-electron chi connectivity index (χ0n) is 15.8. The summed E-state index contributed by atoms with van der Waals surface area (Å²) in [7, 11) is 1.62. The third-order valence-electron chi connectivity index (χ3n) is 5.17. The monoisotopic (exact) mass is 342 g/mol. The maximum absolute atomic E-state index is 12.8. The Kier molecular flexibility index (Phi) is 6.65. The Balaban J connectivity index is 1.97. The number of hydrogen-bond acceptors (Lipinski definition) is 5. The number of nitrogens with zero attached hydrogens (tertiary/aromatic N) is 2. The van der Waals surface area contributed by atoms with E-state index in [1.165, 1.54) is 0 Å². The van der Waals surface area contributed by atoms with Crippen molar-refractivity contribution in [1.82, 2.24) is 9.80 Å². The molecule has 2 heterocycles. The summed E-state index contributed by atoms with van der Waals surface area (Å²) in [5.74, 6) is 0.588. The maximum atomic E-state index is 12.8. The highest BCUT2D eigenvalue weighted by Crippen LogP contribution is 2.29. The van der Waals surface area contributed by atoms with Crippen molar-refractivity contribution in [3.63, 3.8) is 0 Å². The minimum Gasteiger partial charge on any atom is -0.396 e. The first-order chi connectivity index (χ1) is 11.3. The first-order valence-electron chi connectivity index (χ1n) is 9.03. The van der Waals surface area contributed by atoms with E-state index in [4.69, 9.17) is 9.47 Å². The molecule has 0 bridgehead atoms. The van der Waals surface area contributed by atoms with Crippen molar-refractivity contribution in [3.05, 3.63) is 0 Å². The lowest BCUT2D eigenvalue weighted by molar-refractivity contribution is -0.142. The maximum Gasteiger partial charge on any atom is 0.230 e. The minimum absolute atomic E-state index is 0.119. The van der Waals surface area contributed by atoms with Gasteiger partial charge in [0.25, 0.3) is 0 Å². The van der Waals surface area contributed by atoms with Crippen molar-refractivity contribution in [3.8, 4) is 0 Å². The molecule has 0 aromatic rings. The average Bonchev–Trinajstić information content (AvgIpc) is 2.88. The lowest BCUT2D eigenvalue weighted by Gasteiger charge is -2.37. The average molecular weight is 342 g/mol. The molecular weight excluding hydrogens is 308 g/mol. The van der Waals surface area contributed by atoms with Gasteiger partial charge in [0.1, 0.15) is 0 Å². The number of methoxy groups -OCH3 is 1. The Labute approximate surface area is 146 Å². The number of rotatable bonds is 6. The molecule has 2 fully saturated rings. The van der Waals surface area contributed by atoms with Gasteiger partial charge < -0.3 is 19.5 Å². The minimum atomic E-state index is -0.522. The SMILES string of the molecule is COCC(C)(C)C(=O)N1CC(CO)C(CN2CC(C)OC(C)C2)C1. The smallest absolute Gasteiger partial charge is 0.230 e. The lowest BCUT2D eigenvalue weighted by atomic mass is 9.93. The summed E-state index contributed by atoms with van der Waals surface area (Å²) in [5.41, 5.74) is -0.522. The van der Waals surface area contributed by atoms with Crippen LogP contribution in [0.25, 0.3) is 0 Å². The third-order valence-corrected chi connectivity index (χ3v) is 5.17. The van der Waals surface area contributed by atoms with Crippen LogP contribution in [0.1, 0.15) is 27.7 Å².